The number of imidazole rings is 1. The SMILES string of the molecule is O=C(O)CSc1nc2cccnc2n1CC1CCSC1. The van der Waals surface area contributed by atoms with Crippen molar-refractivity contribution in [2.75, 3.05) is 17.3 Å². The van der Waals surface area contributed by atoms with E-state index in [0.29, 0.717) is 5.92 Å². The molecular formula is C13H15N3O2S2. The third kappa shape index (κ3) is 2.93. The van der Waals surface area contributed by atoms with Crippen molar-refractivity contribution in [2.24, 2.45) is 5.92 Å². The summed E-state index contributed by atoms with van der Waals surface area (Å²) >= 11 is 3.25. The van der Waals surface area contributed by atoms with Crippen molar-refractivity contribution in [1.82, 2.24) is 14.5 Å². The first-order valence-electron chi connectivity index (χ1n) is 6.47. The predicted octanol–water partition coefficient (Wildman–Crippen LogP) is 2.36. The van der Waals surface area contributed by atoms with E-state index in [0.717, 1.165) is 28.6 Å². The normalized spacial score (nSPS) is 18.7. The zero-order chi connectivity index (χ0) is 13.9. The number of rotatable bonds is 5. The lowest BCUT2D eigenvalue weighted by atomic mass is 10.1. The first-order chi connectivity index (χ1) is 9.74. The molecule has 0 radical (unpaired) electrons. The van der Waals surface area contributed by atoms with Crippen molar-refractivity contribution < 1.29 is 9.90 Å². The van der Waals surface area contributed by atoms with Crippen molar-refractivity contribution in [3.05, 3.63) is 18.3 Å². The summed E-state index contributed by atoms with van der Waals surface area (Å²) < 4.78 is 2.08. The lowest BCUT2D eigenvalue weighted by Gasteiger charge is -2.12. The predicted molar refractivity (Wildman–Crippen MR) is 81.3 cm³/mol. The number of fused-ring (bicyclic) bond motifs is 1. The molecule has 1 saturated heterocycles. The van der Waals surface area contributed by atoms with Crippen LogP contribution >= 0.6 is 23.5 Å². The van der Waals surface area contributed by atoms with Gasteiger partial charge in [-0.15, -0.1) is 0 Å². The van der Waals surface area contributed by atoms with Crippen LogP contribution in [0.1, 0.15) is 6.42 Å². The van der Waals surface area contributed by atoms with Crippen LogP contribution in [0.5, 0.6) is 0 Å². The molecule has 106 valence electrons. The Kier molecular flexibility index (Phi) is 4.16. The molecule has 1 atom stereocenters. The van der Waals surface area contributed by atoms with Gasteiger partial charge in [-0.3, -0.25) is 4.79 Å². The molecule has 1 N–H and O–H groups in total. The maximum Gasteiger partial charge on any atom is 0.313 e. The van der Waals surface area contributed by atoms with E-state index in [1.165, 1.54) is 23.9 Å². The van der Waals surface area contributed by atoms with Gasteiger partial charge in [0.05, 0.1) is 5.75 Å². The van der Waals surface area contributed by atoms with Gasteiger partial charge < -0.3 is 9.67 Å². The van der Waals surface area contributed by atoms with Crippen LogP contribution in [0.15, 0.2) is 23.5 Å². The van der Waals surface area contributed by atoms with E-state index in [1.54, 1.807) is 6.20 Å². The molecule has 20 heavy (non-hydrogen) atoms. The van der Waals surface area contributed by atoms with Gasteiger partial charge >= 0.3 is 5.97 Å². The smallest absolute Gasteiger partial charge is 0.313 e. The summed E-state index contributed by atoms with van der Waals surface area (Å²) in [6.45, 7) is 0.877. The minimum atomic E-state index is -0.821. The van der Waals surface area contributed by atoms with Crippen LogP contribution in [0.2, 0.25) is 0 Å². The Morgan fingerprint density at radius 1 is 1.60 bits per heavy atom. The van der Waals surface area contributed by atoms with Crippen LogP contribution in [0.25, 0.3) is 11.2 Å². The number of pyridine rings is 1. The number of aromatic nitrogens is 3. The van der Waals surface area contributed by atoms with Gasteiger partial charge in [-0.25, -0.2) is 9.97 Å². The molecule has 0 spiro atoms. The molecule has 2 aromatic heterocycles. The van der Waals surface area contributed by atoms with Crippen LogP contribution in [0, 0.1) is 5.92 Å². The quantitative estimate of drug-likeness (QED) is 0.855. The number of carboxylic acids is 1. The molecule has 1 fully saturated rings. The molecule has 1 aliphatic heterocycles. The van der Waals surface area contributed by atoms with Crippen LogP contribution in [0.3, 0.4) is 0 Å². The second-order valence-corrected chi connectivity index (χ2v) is 6.86. The third-order valence-electron chi connectivity index (χ3n) is 3.26. The van der Waals surface area contributed by atoms with E-state index in [9.17, 15) is 4.79 Å². The highest BCUT2D eigenvalue weighted by atomic mass is 32.2. The fourth-order valence-electron chi connectivity index (χ4n) is 2.32. The molecule has 7 heteroatoms. The Morgan fingerprint density at radius 2 is 2.50 bits per heavy atom. The molecule has 0 aliphatic carbocycles. The number of carbonyl (C=O) groups is 1. The van der Waals surface area contributed by atoms with E-state index >= 15 is 0 Å². The van der Waals surface area contributed by atoms with Crippen molar-refractivity contribution >= 4 is 40.7 Å². The first-order valence-corrected chi connectivity index (χ1v) is 8.61. The van der Waals surface area contributed by atoms with Crippen LogP contribution in [0.4, 0.5) is 0 Å². The van der Waals surface area contributed by atoms with Crippen molar-refractivity contribution in [3.63, 3.8) is 0 Å². The number of aliphatic carboxylic acids is 1. The van der Waals surface area contributed by atoms with Crippen LogP contribution in [-0.2, 0) is 11.3 Å². The molecule has 3 heterocycles. The van der Waals surface area contributed by atoms with Gasteiger partial charge in [-0.1, -0.05) is 11.8 Å². The van der Waals surface area contributed by atoms with E-state index in [4.69, 9.17) is 5.11 Å². The average Bonchev–Trinajstić information content (AvgIpc) is 3.05. The standard InChI is InChI=1S/C13H15N3O2S2/c17-11(18)8-20-13-15-10-2-1-4-14-12(10)16(13)6-9-3-5-19-7-9/h1-2,4,9H,3,5-8H2,(H,17,18). The molecule has 3 rings (SSSR count). The molecule has 1 aliphatic rings. The van der Waals surface area contributed by atoms with Crippen molar-refractivity contribution in [3.8, 4) is 0 Å². The molecule has 1 unspecified atom stereocenters. The Bertz CT molecular complexity index is 623. The molecule has 0 bridgehead atoms. The summed E-state index contributed by atoms with van der Waals surface area (Å²) in [5.41, 5.74) is 1.70. The average molecular weight is 309 g/mol. The van der Waals surface area contributed by atoms with Gasteiger partial charge in [0.1, 0.15) is 5.52 Å². The second kappa shape index (κ2) is 6.05. The van der Waals surface area contributed by atoms with Crippen LogP contribution < -0.4 is 0 Å². The summed E-state index contributed by atoms with van der Waals surface area (Å²) in [5, 5.41) is 9.61. The van der Waals surface area contributed by atoms with E-state index in [-0.39, 0.29) is 5.75 Å². The molecule has 0 aromatic carbocycles. The van der Waals surface area contributed by atoms with Gasteiger partial charge in [0.2, 0.25) is 0 Å². The Labute approximate surface area is 125 Å². The monoisotopic (exact) mass is 309 g/mol. The van der Waals surface area contributed by atoms with E-state index < -0.39 is 5.97 Å². The topological polar surface area (TPSA) is 68.0 Å². The first kappa shape index (κ1) is 13.8. The minimum absolute atomic E-state index is 0.0305. The van der Waals surface area contributed by atoms with Crippen LogP contribution in [-0.4, -0.2) is 42.9 Å². The van der Waals surface area contributed by atoms with E-state index in [1.807, 2.05) is 23.9 Å². The second-order valence-electron chi connectivity index (χ2n) is 4.76. The lowest BCUT2D eigenvalue weighted by Crippen LogP contribution is -2.12. The third-order valence-corrected chi connectivity index (χ3v) is 5.45. The summed E-state index contributed by atoms with van der Waals surface area (Å²) in [5.74, 6) is 2.21. The molecular weight excluding hydrogens is 294 g/mol. The van der Waals surface area contributed by atoms with Crippen molar-refractivity contribution in [1.29, 1.82) is 0 Å². The fourth-order valence-corrected chi connectivity index (χ4v) is 4.33. The van der Waals surface area contributed by atoms with Crippen molar-refractivity contribution in [2.45, 2.75) is 18.1 Å². The Hall–Kier alpha value is -1.21. The van der Waals surface area contributed by atoms with Gasteiger partial charge in [0.15, 0.2) is 10.8 Å². The minimum Gasteiger partial charge on any atom is -0.481 e. The summed E-state index contributed by atoms with van der Waals surface area (Å²) in [6, 6.07) is 3.78. The lowest BCUT2D eigenvalue weighted by molar-refractivity contribution is -0.133. The largest absolute Gasteiger partial charge is 0.481 e. The molecule has 5 nitrogen and oxygen atoms in total. The summed E-state index contributed by atoms with van der Waals surface area (Å²) in [4.78, 5) is 19.7. The number of carboxylic acid groups (broad SMARTS) is 1. The number of hydrogen-bond donors (Lipinski definition) is 1. The number of hydrogen-bond acceptors (Lipinski definition) is 5. The van der Waals surface area contributed by atoms with Gasteiger partial charge in [-0.05, 0) is 36.0 Å². The number of nitrogens with zero attached hydrogens (tertiary/aromatic N) is 3. The maximum atomic E-state index is 10.8. The number of thioether (sulfide) groups is 2. The summed E-state index contributed by atoms with van der Waals surface area (Å²) in [7, 11) is 0. The maximum absolute atomic E-state index is 10.8. The zero-order valence-corrected chi connectivity index (χ0v) is 12.5. The van der Waals surface area contributed by atoms with Gasteiger partial charge in [-0.2, -0.15) is 11.8 Å². The highest BCUT2D eigenvalue weighted by molar-refractivity contribution is 7.99. The molecule has 2 aromatic rings. The Morgan fingerprint density at radius 3 is 3.25 bits per heavy atom. The van der Waals surface area contributed by atoms with Gasteiger partial charge in [0.25, 0.3) is 0 Å². The highest BCUT2D eigenvalue weighted by Gasteiger charge is 2.20. The highest BCUT2D eigenvalue weighted by Crippen LogP contribution is 2.29. The zero-order valence-electron chi connectivity index (χ0n) is 10.9. The molecule has 0 amide bonds. The Balaban J connectivity index is 1.91. The summed E-state index contributed by atoms with van der Waals surface area (Å²) in [6.07, 6.45) is 2.97. The van der Waals surface area contributed by atoms with Gasteiger partial charge in [0, 0.05) is 12.7 Å². The van der Waals surface area contributed by atoms with E-state index in [2.05, 4.69) is 14.5 Å². The molecule has 0 saturated carbocycles. The fraction of sp³-hybridized carbons (Fsp3) is 0.462.